The SMILES string of the molecule is C[C@@H]1CN(c2cc(F)c(C3=CCCCC3)cc2NC(=O)c2c[nH]c(=O)cc2C(F)(F)F)C[C@H](C)N1C. The van der Waals surface area contributed by atoms with E-state index in [1.807, 2.05) is 31.9 Å². The predicted molar refractivity (Wildman–Crippen MR) is 132 cm³/mol. The van der Waals surface area contributed by atoms with Crippen LogP contribution in [0, 0.1) is 5.82 Å². The number of halogens is 4. The van der Waals surface area contributed by atoms with E-state index in [2.05, 4.69) is 15.2 Å². The molecule has 0 saturated carbocycles. The van der Waals surface area contributed by atoms with Crippen LogP contribution in [0.5, 0.6) is 0 Å². The molecule has 1 aromatic heterocycles. The van der Waals surface area contributed by atoms with Crippen LogP contribution in [0.4, 0.5) is 28.9 Å². The number of alkyl halides is 3. The zero-order valence-electron chi connectivity index (χ0n) is 20.5. The van der Waals surface area contributed by atoms with Crippen molar-refractivity contribution in [2.45, 2.75) is 57.8 Å². The molecule has 1 aliphatic heterocycles. The topological polar surface area (TPSA) is 68.4 Å². The number of piperazine rings is 1. The number of hydrogen-bond acceptors (Lipinski definition) is 4. The minimum atomic E-state index is -4.90. The number of allylic oxidation sites excluding steroid dienone is 2. The van der Waals surface area contributed by atoms with E-state index >= 15 is 4.39 Å². The van der Waals surface area contributed by atoms with E-state index in [1.54, 1.807) is 0 Å². The lowest BCUT2D eigenvalue weighted by atomic mass is 9.92. The van der Waals surface area contributed by atoms with Gasteiger partial charge in [-0.15, -0.1) is 0 Å². The minimum absolute atomic E-state index is 0.136. The van der Waals surface area contributed by atoms with Crippen LogP contribution in [0.2, 0.25) is 0 Å². The maximum Gasteiger partial charge on any atom is 0.417 e. The summed E-state index contributed by atoms with van der Waals surface area (Å²) in [5.41, 5.74) is -1.21. The van der Waals surface area contributed by atoms with Gasteiger partial charge in [0, 0.05) is 43.0 Å². The summed E-state index contributed by atoms with van der Waals surface area (Å²) < 4.78 is 56.1. The lowest BCUT2D eigenvalue weighted by Gasteiger charge is -2.44. The van der Waals surface area contributed by atoms with Crippen LogP contribution in [0.15, 0.2) is 35.3 Å². The Balaban J connectivity index is 1.78. The standard InChI is InChI=1S/C26H30F4N4O2/c1-15-13-34(14-16(2)33(15)3)23-11-21(27)18(17-7-5-4-6-8-17)9-22(23)32-25(36)19-12-31-24(35)10-20(19)26(28,29)30/h7,9-12,15-16H,4-6,8,13-14H2,1-3H3,(H,31,35)(H,32,36)/t15-,16+. The number of carbonyl (C=O) groups excluding carboxylic acids is 1. The Morgan fingerprint density at radius 3 is 2.42 bits per heavy atom. The first kappa shape index (κ1) is 25.9. The first-order valence-corrected chi connectivity index (χ1v) is 12.1. The summed E-state index contributed by atoms with van der Waals surface area (Å²) in [6, 6.07) is 3.52. The molecule has 36 heavy (non-hydrogen) atoms. The fourth-order valence-corrected chi connectivity index (χ4v) is 4.94. The normalized spacial score (nSPS) is 21.3. The second-order valence-electron chi connectivity index (χ2n) is 9.67. The summed E-state index contributed by atoms with van der Waals surface area (Å²) in [4.78, 5) is 30.9. The highest BCUT2D eigenvalue weighted by Crippen LogP contribution is 2.38. The molecule has 10 heteroatoms. The Morgan fingerprint density at radius 1 is 1.11 bits per heavy atom. The van der Waals surface area contributed by atoms with Crippen molar-refractivity contribution in [2.24, 2.45) is 0 Å². The predicted octanol–water partition coefficient (Wildman–Crippen LogP) is 5.27. The molecule has 1 saturated heterocycles. The van der Waals surface area contributed by atoms with Crippen molar-refractivity contribution in [3.05, 3.63) is 63.3 Å². The molecular weight excluding hydrogens is 476 g/mol. The third-order valence-corrected chi connectivity index (χ3v) is 7.15. The number of nitrogens with one attached hydrogen (secondary N) is 2. The number of rotatable bonds is 4. The van der Waals surface area contributed by atoms with Crippen LogP contribution in [0.1, 0.15) is 61.0 Å². The van der Waals surface area contributed by atoms with Crippen molar-refractivity contribution in [2.75, 3.05) is 30.4 Å². The van der Waals surface area contributed by atoms with Gasteiger partial charge in [0.05, 0.1) is 22.5 Å². The fraction of sp³-hybridized carbons (Fsp3) is 0.462. The van der Waals surface area contributed by atoms with Crippen molar-refractivity contribution in [1.29, 1.82) is 0 Å². The highest BCUT2D eigenvalue weighted by Gasteiger charge is 2.36. The lowest BCUT2D eigenvalue weighted by Crippen LogP contribution is -2.55. The number of carbonyl (C=O) groups is 1. The van der Waals surface area contributed by atoms with Crippen LogP contribution >= 0.6 is 0 Å². The summed E-state index contributed by atoms with van der Waals surface area (Å²) in [7, 11) is 2.00. The molecule has 2 N–H and O–H groups in total. The van der Waals surface area contributed by atoms with Gasteiger partial charge in [-0.1, -0.05) is 6.08 Å². The van der Waals surface area contributed by atoms with Gasteiger partial charge < -0.3 is 15.2 Å². The first-order chi connectivity index (χ1) is 17.0. The van der Waals surface area contributed by atoms with E-state index in [-0.39, 0.29) is 17.8 Å². The second-order valence-corrected chi connectivity index (χ2v) is 9.67. The highest BCUT2D eigenvalue weighted by molar-refractivity contribution is 6.07. The maximum atomic E-state index is 15.4. The molecular formula is C26H30F4N4O2. The summed E-state index contributed by atoms with van der Waals surface area (Å²) >= 11 is 0. The number of hydrogen-bond donors (Lipinski definition) is 2. The number of likely N-dealkylation sites (N-methyl/N-ethyl adjacent to an activating group) is 1. The van der Waals surface area contributed by atoms with Crippen molar-refractivity contribution in [3.8, 4) is 0 Å². The monoisotopic (exact) mass is 506 g/mol. The smallest absolute Gasteiger partial charge is 0.367 e. The second kappa shape index (κ2) is 10.1. The number of aromatic amines is 1. The molecule has 1 aliphatic carbocycles. The molecule has 2 heterocycles. The average molecular weight is 507 g/mol. The molecule has 0 spiro atoms. The zero-order valence-corrected chi connectivity index (χ0v) is 20.5. The van der Waals surface area contributed by atoms with Gasteiger partial charge in [0.1, 0.15) is 5.82 Å². The molecule has 2 aliphatic rings. The summed E-state index contributed by atoms with van der Waals surface area (Å²) in [6.07, 6.45) is 1.26. The summed E-state index contributed by atoms with van der Waals surface area (Å²) in [6.45, 7) is 5.18. The Labute approximate surface area is 207 Å². The van der Waals surface area contributed by atoms with E-state index in [4.69, 9.17) is 0 Å². The molecule has 0 radical (unpaired) electrons. The van der Waals surface area contributed by atoms with E-state index < -0.39 is 34.6 Å². The van der Waals surface area contributed by atoms with Gasteiger partial charge >= 0.3 is 6.18 Å². The third-order valence-electron chi connectivity index (χ3n) is 7.15. The summed E-state index contributed by atoms with van der Waals surface area (Å²) in [5.74, 6) is -1.47. The maximum absolute atomic E-state index is 15.4. The fourth-order valence-electron chi connectivity index (χ4n) is 4.94. The number of amides is 1. The van der Waals surface area contributed by atoms with Crippen LogP contribution in [0.25, 0.3) is 5.57 Å². The van der Waals surface area contributed by atoms with Crippen LogP contribution in [0.3, 0.4) is 0 Å². The Bertz CT molecular complexity index is 1230. The van der Waals surface area contributed by atoms with Crippen LogP contribution in [-0.4, -0.2) is 48.0 Å². The number of H-pyrrole nitrogens is 1. The quantitative estimate of drug-likeness (QED) is 0.555. The van der Waals surface area contributed by atoms with Crippen molar-refractivity contribution in [1.82, 2.24) is 9.88 Å². The minimum Gasteiger partial charge on any atom is -0.367 e. The molecule has 0 bridgehead atoms. The van der Waals surface area contributed by atoms with Crippen molar-refractivity contribution < 1.29 is 22.4 Å². The molecule has 1 amide bonds. The number of aromatic nitrogens is 1. The lowest BCUT2D eigenvalue weighted by molar-refractivity contribution is -0.138. The zero-order chi connectivity index (χ0) is 26.2. The number of pyridine rings is 1. The Hall–Kier alpha value is -3.14. The van der Waals surface area contributed by atoms with Gasteiger partial charge in [-0.25, -0.2) is 4.39 Å². The molecule has 2 aromatic rings. The molecule has 194 valence electrons. The summed E-state index contributed by atoms with van der Waals surface area (Å²) in [5, 5.41) is 2.59. The van der Waals surface area contributed by atoms with Gasteiger partial charge in [0.25, 0.3) is 5.91 Å². The van der Waals surface area contributed by atoms with Crippen LogP contribution in [-0.2, 0) is 6.18 Å². The molecule has 0 unspecified atom stereocenters. The molecule has 4 rings (SSSR count). The van der Waals surface area contributed by atoms with Gasteiger partial charge in [-0.2, -0.15) is 13.2 Å². The third kappa shape index (κ3) is 5.33. The number of anilines is 2. The Kier molecular flexibility index (Phi) is 7.26. The van der Waals surface area contributed by atoms with Crippen molar-refractivity contribution in [3.63, 3.8) is 0 Å². The number of benzene rings is 1. The van der Waals surface area contributed by atoms with E-state index in [1.165, 1.54) is 12.1 Å². The van der Waals surface area contributed by atoms with Gasteiger partial charge in [-0.05, 0) is 64.3 Å². The molecule has 1 fully saturated rings. The molecule has 2 atom stereocenters. The van der Waals surface area contributed by atoms with Crippen molar-refractivity contribution >= 4 is 22.9 Å². The van der Waals surface area contributed by atoms with Gasteiger partial charge in [0.2, 0.25) is 5.56 Å². The van der Waals surface area contributed by atoms with E-state index in [0.717, 1.165) is 31.0 Å². The van der Waals surface area contributed by atoms with E-state index in [0.29, 0.717) is 36.8 Å². The van der Waals surface area contributed by atoms with Crippen LogP contribution < -0.4 is 15.8 Å². The average Bonchev–Trinajstić information content (AvgIpc) is 2.83. The number of nitrogens with zero attached hydrogens (tertiary/aromatic N) is 2. The molecule has 6 nitrogen and oxygen atoms in total. The molecule has 1 aromatic carbocycles. The first-order valence-electron chi connectivity index (χ1n) is 12.1. The largest absolute Gasteiger partial charge is 0.417 e. The van der Waals surface area contributed by atoms with E-state index in [9.17, 15) is 22.8 Å². The highest BCUT2D eigenvalue weighted by atomic mass is 19.4. The van der Waals surface area contributed by atoms with Gasteiger partial charge in [-0.3, -0.25) is 14.5 Å². The van der Waals surface area contributed by atoms with Gasteiger partial charge in [0.15, 0.2) is 0 Å². The Morgan fingerprint density at radius 2 is 1.81 bits per heavy atom.